The predicted octanol–water partition coefficient (Wildman–Crippen LogP) is 2.39. The van der Waals surface area contributed by atoms with E-state index in [0.29, 0.717) is 18.2 Å². The summed E-state index contributed by atoms with van der Waals surface area (Å²) in [5, 5.41) is 0.699. The molecule has 2 rings (SSSR count). The van der Waals surface area contributed by atoms with E-state index in [0.717, 1.165) is 5.56 Å². The van der Waals surface area contributed by atoms with Crippen LogP contribution in [0.4, 0.5) is 0 Å². The van der Waals surface area contributed by atoms with Crippen LogP contribution in [-0.4, -0.2) is 13.2 Å². The van der Waals surface area contributed by atoms with Crippen LogP contribution in [0, 0.1) is 0 Å². The number of ether oxygens (including phenoxy) is 2. The van der Waals surface area contributed by atoms with Crippen molar-refractivity contribution in [1.29, 1.82) is 0 Å². The lowest BCUT2D eigenvalue weighted by Gasteiger charge is -2.09. The Kier molecular flexibility index (Phi) is 2.30. The second-order valence-electron chi connectivity index (χ2n) is 2.60. The molecule has 0 N–H and O–H groups in total. The van der Waals surface area contributed by atoms with Crippen molar-refractivity contribution in [2.45, 2.75) is 6.29 Å². The van der Waals surface area contributed by atoms with Gasteiger partial charge >= 0.3 is 0 Å². The molecule has 1 aliphatic rings. The maximum absolute atomic E-state index is 5.94. The maximum Gasteiger partial charge on any atom is 0.185 e. The minimum atomic E-state index is -0.265. The van der Waals surface area contributed by atoms with E-state index in [2.05, 4.69) is 0 Å². The third-order valence-corrected chi connectivity index (χ3v) is 2.13. The predicted molar refractivity (Wildman–Crippen MR) is 46.1 cm³/mol. The Morgan fingerprint density at radius 1 is 1.17 bits per heavy atom. The van der Waals surface area contributed by atoms with Gasteiger partial charge < -0.3 is 9.47 Å². The SMILES string of the molecule is Clc1ccccc1C1OCCO1. The first-order chi connectivity index (χ1) is 5.88. The summed E-state index contributed by atoms with van der Waals surface area (Å²) >= 11 is 5.94. The molecule has 1 aliphatic heterocycles. The second kappa shape index (κ2) is 3.44. The fourth-order valence-corrected chi connectivity index (χ4v) is 1.43. The first kappa shape index (κ1) is 8.05. The smallest absolute Gasteiger partial charge is 0.185 e. The van der Waals surface area contributed by atoms with E-state index in [4.69, 9.17) is 21.1 Å². The zero-order chi connectivity index (χ0) is 8.39. The fourth-order valence-electron chi connectivity index (χ4n) is 1.20. The number of benzene rings is 1. The lowest BCUT2D eigenvalue weighted by atomic mass is 10.2. The average molecular weight is 185 g/mol. The molecule has 0 amide bonds. The Bertz CT molecular complexity index is 269. The Morgan fingerprint density at radius 2 is 1.83 bits per heavy atom. The molecule has 2 nitrogen and oxygen atoms in total. The molecule has 1 fully saturated rings. The molecule has 0 spiro atoms. The van der Waals surface area contributed by atoms with E-state index in [1.54, 1.807) is 0 Å². The second-order valence-corrected chi connectivity index (χ2v) is 3.00. The highest BCUT2D eigenvalue weighted by Gasteiger charge is 2.19. The van der Waals surface area contributed by atoms with Crippen LogP contribution in [0.5, 0.6) is 0 Å². The van der Waals surface area contributed by atoms with Gasteiger partial charge in [0.1, 0.15) is 0 Å². The van der Waals surface area contributed by atoms with Crippen molar-refractivity contribution < 1.29 is 9.47 Å². The van der Waals surface area contributed by atoms with Crippen LogP contribution in [0.3, 0.4) is 0 Å². The first-order valence-electron chi connectivity index (χ1n) is 3.85. The number of halogens is 1. The summed E-state index contributed by atoms with van der Waals surface area (Å²) in [6.07, 6.45) is -0.265. The van der Waals surface area contributed by atoms with E-state index in [-0.39, 0.29) is 6.29 Å². The van der Waals surface area contributed by atoms with Crippen LogP contribution in [-0.2, 0) is 9.47 Å². The van der Waals surface area contributed by atoms with E-state index >= 15 is 0 Å². The minimum Gasteiger partial charge on any atom is -0.346 e. The molecule has 0 saturated carbocycles. The molecule has 12 heavy (non-hydrogen) atoms. The minimum absolute atomic E-state index is 0.265. The van der Waals surface area contributed by atoms with Gasteiger partial charge in [-0.2, -0.15) is 0 Å². The Labute approximate surface area is 76.1 Å². The Balaban J connectivity index is 2.26. The molecule has 0 unspecified atom stereocenters. The Hall–Kier alpha value is -0.570. The largest absolute Gasteiger partial charge is 0.346 e. The summed E-state index contributed by atoms with van der Waals surface area (Å²) in [5.41, 5.74) is 0.914. The van der Waals surface area contributed by atoms with Crippen LogP contribution >= 0.6 is 11.6 Å². The molecule has 3 heteroatoms. The molecule has 64 valence electrons. The molecular formula is C9H9ClO2. The highest BCUT2D eigenvalue weighted by atomic mass is 35.5. The van der Waals surface area contributed by atoms with E-state index in [1.165, 1.54) is 0 Å². The van der Waals surface area contributed by atoms with Crippen molar-refractivity contribution in [3.63, 3.8) is 0 Å². The molecule has 0 aromatic heterocycles. The first-order valence-corrected chi connectivity index (χ1v) is 4.23. The molecular weight excluding hydrogens is 176 g/mol. The van der Waals surface area contributed by atoms with Gasteiger partial charge in [0.15, 0.2) is 6.29 Å². The third kappa shape index (κ3) is 1.46. The summed E-state index contributed by atoms with van der Waals surface area (Å²) < 4.78 is 10.6. The normalized spacial score (nSPS) is 18.4. The van der Waals surface area contributed by atoms with E-state index < -0.39 is 0 Å². The summed E-state index contributed by atoms with van der Waals surface area (Å²) in [7, 11) is 0. The maximum atomic E-state index is 5.94. The van der Waals surface area contributed by atoms with Gasteiger partial charge in [0.25, 0.3) is 0 Å². The van der Waals surface area contributed by atoms with Gasteiger partial charge in [-0.05, 0) is 6.07 Å². The number of hydrogen-bond donors (Lipinski definition) is 0. The molecule has 0 bridgehead atoms. The van der Waals surface area contributed by atoms with Crippen LogP contribution in [0.15, 0.2) is 24.3 Å². The lowest BCUT2D eigenvalue weighted by molar-refractivity contribution is -0.0440. The molecule has 1 heterocycles. The van der Waals surface area contributed by atoms with Gasteiger partial charge in [0, 0.05) is 10.6 Å². The highest BCUT2D eigenvalue weighted by Crippen LogP contribution is 2.28. The summed E-state index contributed by atoms with van der Waals surface area (Å²) in [6, 6.07) is 7.56. The van der Waals surface area contributed by atoms with Crippen LogP contribution in [0.1, 0.15) is 11.9 Å². The van der Waals surface area contributed by atoms with E-state index in [9.17, 15) is 0 Å². The standard InChI is InChI=1S/C9H9ClO2/c10-8-4-2-1-3-7(8)9-11-5-6-12-9/h1-4,9H,5-6H2. The van der Waals surface area contributed by atoms with Gasteiger partial charge in [0.05, 0.1) is 13.2 Å². The zero-order valence-electron chi connectivity index (χ0n) is 6.50. The average Bonchev–Trinajstić information content (AvgIpc) is 2.57. The van der Waals surface area contributed by atoms with Crippen molar-refractivity contribution in [3.8, 4) is 0 Å². The van der Waals surface area contributed by atoms with Crippen LogP contribution in [0.25, 0.3) is 0 Å². The monoisotopic (exact) mass is 184 g/mol. The van der Waals surface area contributed by atoms with Gasteiger partial charge in [0.2, 0.25) is 0 Å². The molecule has 0 radical (unpaired) electrons. The third-order valence-electron chi connectivity index (χ3n) is 1.78. The molecule has 0 aliphatic carbocycles. The molecule has 1 aromatic carbocycles. The fraction of sp³-hybridized carbons (Fsp3) is 0.333. The van der Waals surface area contributed by atoms with Crippen molar-refractivity contribution in [1.82, 2.24) is 0 Å². The van der Waals surface area contributed by atoms with Gasteiger partial charge in [-0.3, -0.25) is 0 Å². The molecule has 0 atom stereocenters. The van der Waals surface area contributed by atoms with Crippen molar-refractivity contribution in [2.24, 2.45) is 0 Å². The van der Waals surface area contributed by atoms with Gasteiger partial charge in [-0.1, -0.05) is 29.8 Å². The van der Waals surface area contributed by atoms with Gasteiger partial charge in [-0.25, -0.2) is 0 Å². The van der Waals surface area contributed by atoms with Crippen molar-refractivity contribution >= 4 is 11.6 Å². The van der Waals surface area contributed by atoms with Crippen LogP contribution < -0.4 is 0 Å². The van der Waals surface area contributed by atoms with Crippen LogP contribution in [0.2, 0.25) is 5.02 Å². The molecule has 1 aromatic rings. The summed E-state index contributed by atoms with van der Waals surface area (Å²) in [4.78, 5) is 0. The molecule has 1 saturated heterocycles. The quantitative estimate of drug-likeness (QED) is 0.667. The van der Waals surface area contributed by atoms with Gasteiger partial charge in [-0.15, -0.1) is 0 Å². The van der Waals surface area contributed by atoms with Crippen molar-refractivity contribution in [3.05, 3.63) is 34.9 Å². The zero-order valence-corrected chi connectivity index (χ0v) is 7.25. The van der Waals surface area contributed by atoms with E-state index in [1.807, 2.05) is 24.3 Å². The number of rotatable bonds is 1. The topological polar surface area (TPSA) is 18.5 Å². The summed E-state index contributed by atoms with van der Waals surface area (Å²) in [5.74, 6) is 0. The lowest BCUT2D eigenvalue weighted by Crippen LogP contribution is -1.98. The Morgan fingerprint density at radius 3 is 2.50 bits per heavy atom. The summed E-state index contributed by atoms with van der Waals surface area (Å²) in [6.45, 7) is 1.30. The highest BCUT2D eigenvalue weighted by molar-refractivity contribution is 6.31. The number of hydrogen-bond acceptors (Lipinski definition) is 2. The van der Waals surface area contributed by atoms with Crippen molar-refractivity contribution in [2.75, 3.05) is 13.2 Å².